The van der Waals surface area contributed by atoms with Crippen LogP contribution in [0.15, 0.2) is 30.3 Å². The zero-order valence-corrected chi connectivity index (χ0v) is 18.1. The number of rotatable bonds is 3. The first kappa shape index (κ1) is 20.1. The van der Waals surface area contributed by atoms with Gasteiger partial charge in [-0.2, -0.15) is 0 Å². The van der Waals surface area contributed by atoms with E-state index in [0.717, 1.165) is 0 Å². The first-order chi connectivity index (χ1) is 13.6. The summed E-state index contributed by atoms with van der Waals surface area (Å²) >= 11 is 6.43. The summed E-state index contributed by atoms with van der Waals surface area (Å²) in [6.45, 7) is -0.344. The van der Waals surface area contributed by atoms with Crippen molar-refractivity contribution in [1.82, 2.24) is 0 Å². The van der Waals surface area contributed by atoms with Crippen LogP contribution < -0.4 is 48.5 Å². The number of ether oxygens (including phenoxy) is 4. The van der Waals surface area contributed by atoms with E-state index in [9.17, 15) is 15.0 Å². The molecule has 7 nitrogen and oxygen atoms in total. The molecule has 2 aliphatic rings. The van der Waals surface area contributed by atoms with Crippen molar-refractivity contribution in [2.24, 2.45) is 0 Å². The third-order valence-corrected chi connectivity index (χ3v) is 5.18. The predicted molar refractivity (Wildman–Crippen MR) is 101 cm³/mol. The van der Waals surface area contributed by atoms with Crippen molar-refractivity contribution in [3.05, 3.63) is 46.5 Å². The van der Waals surface area contributed by atoms with Crippen LogP contribution in [0.5, 0.6) is 23.0 Å². The molecule has 144 valence electrons. The number of halogens is 1. The molecule has 0 aromatic heterocycles. The third-order valence-electron chi connectivity index (χ3n) is 4.87. The number of aromatic carboxylic acids is 1. The first-order valence-electron chi connectivity index (χ1n) is 8.40. The molecular formula is C20H14ClNaO7. The van der Waals surface area contributed by atoms with Crippen molar-refractivity contribution in [3.63, 3.8) is 0 Å². The summed E-state index contributed by atoms with van der Waals surface area (Å²) in [6.07, 6.45) is 0. The van der Waals surface area contributed by atoms with Crippen molar-refractivity contribution < 1.29 is 64.9 Å². The van der Waals surface area contributed by atoms with Crippen molar-refractivity contribution in [1.29, 1.82) is 0 Å². The fraction of sp³-hybridized carbons (Fsp3) is 0.150. The molecule has 0 fully saturated rings. The SMILES string of the molecule is O=C(O)c1cc2c(Cl)cc3c(c2c(-c2ccc4c(c2)OCO4)c1CO)OCO3.[H-].[Na+]. The van der Waals surface area contributed by atoms with E-state index in [1.807, 2.05) is 0 Å². The van der Waals surface area contributed by atoms with E-state index in [2.05, 4.69) is 0 Å². The van der Waals surface area contributed by atoms with Gasteiger partial charge in [0.1, 0.15) is 0 Å². The van der Waals surface area contributed by atoms with Gasteiger partial charge in [-0.25, -0.2) is 4.79 Å². The Bertz CT molecular complexity index is 1170. The van der Waals surface area contributed by atoms with E-state index < -0.39 is 12.6 Å². The number of carboxylic acids is 1. The van der Waals surface area contributed by atoms with Crippen LogP contribution in [-0.4, -0.2) is 29.8 Å². The van der Waals surface area contributed by atoms with Gasteiger partial charge in [0.15, 0.2) is 23.0 Å². The van der Waals surface area contributed by atoms with Crippen LogP contribution in [0.1, 0.15) is 17.3 Å². The molecule has 0 atom stereocenters. The Hall–Kier alpha value is -2.16. The zero-order chi connectivity index (χ0) is 19.4. The number of fused-ring (bicyclic) bond motifs is 4. The molecule has 0 bridgehead atoms. The molecule has 5 rings (SSSR count). The molecule has 0 aliphatic carbocycles. The standard InChI is InChI=1S/C20H13ClO7.Na.H/c21-13-5-16-19(28-8-27-16)18-11(13)4-10(20(23)24)12(6-22)17(18)9-1-2-14-15(3-9)26-7-25-14;;/h1-5,22H,6-8H2,(H,23,24);;/q;+1;-1. The molecule has 2 N–H and O–H groups in total. The third kappa shape index (κ3) is 3.10. The predicted octanol–water partition coefficient (Wildman–Crippen LogP) is 0.925. The molecule has 3 aromatic carbocycles. The fourth-order valence-corrected chi connectivity index (χ4v) is 3.91. The fourth-order valence-electron chi connectivity index (χ4n) is 3.66. The van der Waals surface area contributed by atoms with Crippen LogP contribution in [0.3, 0.4) is 0 Å². The Kier molecular flexibility index (Phi) is 5.27. The molecule has 2 heterocycles. The van der Waals surface area contributed by atoms with Gasteiger partial charge < -0.3 is 30.6 Å². The van der Waals surface area contributed by atoms with E-state index in [-0.39, 0.29) is 55.7 Å². The zero-order valence-electron chi connectivity index (χ0n) is 16.3. The van der Waals surface area contributed by atoms with Crippen LogP contribution in [0.4, 0.5) is 0 Å². The number of benzene rings is 3. The smallest absolute Gasteiger partial charge is 1.00 e. The minimum atomic E-state index is -1.17. The summed E-state index contributed by atoms with van der Waals surface area (Å²) < 4.78 is 21.9. The molecule has 9 heteroatoms. The second-order valence-electron chi connectivity index (χ2n) is 6.32. The molecule has 0 unspecified atom stereocenters. The molecule has 0 amide bonds. The molecule has 0 saturated heterocycles. The Morgan fingerprint density at radius 3 is 2.52 bits per heavy atom. The van der Waals surface area contributed by atoms with Gasteiger partial charge in [0, 0.05) is 22.4 Å². The summed E-state index contributed by atoms with van der Waals surface area (Å²) in [7, 11) is 0. The van der Waals surface area contributed by atoms with Crippen LogP contribution >= 0.6 is 11.6 Å². The minimum absolute atomic E-state index is 0. The maximum Gasteiger partial charge on any atom is 1.00 e. The summed E-state index contributed by atoms with van der Waals surface area (Å²) in [5.41, 5.74) is 1.35. The van der Waals surface area contributed by atoms with Crippen molar-refractivity contribution in [3.8, 4) is 34.1 Å². The second-order valence-corrected chi connectivity index (χ2v) is 6.73. The molecule has 2 aliphatic heterocycles. The maximum absolute atomic E-state index is 11.9. The van der Waals surface area contributed by atoms with Gasteiger partial charge in [-0.15, -0.1) is 0 Å². The van der Waals surface area contributed by atoms with Crippen molar-refractivity contribution >= 4 is 28.3 Å². The van der Waals surface area contributed by atoms with Crippen LogP contribution in [-0.2, 0) is 6.61 Å². The Balaban J connectivity index is 0.00000128. The van der Waals surface area contributed by atoms with Gasteiger partial charge >= 0.3 is 35.5 Å². The van der Waals surface area contributed by atoms with E-state index in [4.69, 9.17) is 30.5 Å². The molecule has 0 spiro atoms. The van der Waals surface area contributed by atoms with Gasteiger partial charge in [0.05, 0.1) is 17.2 Å². The van der Waals surface area contributed by atoms with Gasteiger partial charge in [-0.3, -0.25) is 0 Å². The Morgan fingerprint density at radius 2 is 1.76 bits per heavy atom. The number of aliphatic hydroxyl groups excluding tert-OH is 1. The van der Waals surface area contributed by atoms with Gasteiger partial charge in [0.2, 0.25) is 13.6 Å². The average Bonchev–Trinajstić information content (AvgIpc) is 3.34. The summed E-state index contributed by atoms with van der Waals surface area (Å²) in [5.74, 6) is 0.883. The normalized spacial score (nSPS) is 13.4. The molecule has 3 aromatic rings. The molecule has 0 radical (unpaired) electrons. The molecular weight excluding hydrogens is 411 g/mol. The monoisotopic (exact) mass is 424 g/mol. The minimum Gasteiger partial charge on any atom is -1.00 e. The average molecular weight is 425 g/mol. The molecule has 0 saturated carbocycles. The number of hydrogen-bond donors (Lipinski definition) is 2. The first-order valence-corrected chi connectivity index (χ1v) is 8.78. The maximum atomic E-state index is 11.9. The van der Waals surface area contributed by atoms with Crippen molar-refractivity contribution in [2.45, 2.75) is 6.61 Å². The summed E-state index contributed by atoms with van der Waals surface area (Å²) in [6, 6.07) is 8.30. The second kappa shape index (κ2) is 7.59. The topological polar surface area (TPSA) is 94.5 Å². The Morgan fingerprint density at radius 1 is 1.03 bits per heavy atom. The summed E-state index contributed by atoms with van der Waals surface area (Å²) in [4.78, 5) is 11.9. The number of carbonyl (C=O) groups is 1. The van der Waals surface area contributed by atoms with E-state index in [0.29, 0.717) is 49.9 Å². The Labute approximate surface area is 193 Å². The van der Waals surface area contributed by atoms with Crippen molar-refractivity contribution in [2.75, 3.05) is 13.6 Å². The van der Waals surface area contributed by atoms with Gasteiger partial charge in [-0.1, -0.05) is 17.7 Å². The van der Waals surface area contributed by atoms with Gasteiger partial charge in [0.25, 0.3) is 0 Å². The number of aliphatic hydroxyl groups is 1. The summed E-state index contributed by atoms with van der Waals surface area (Å²) in [5, 5.41) is 21.2. The van der Waals surface area contributed by atoms with Crippen LogP contribution in [0.2, 0.25) is 5.02 Å². The number of hydrogen-bond acceptors (Lipinski definition) is 6. The van der Waals surface area contributed by atoms with Gasteiger partial charge in [-0.05, 0) is 29.3 Å². The van der Waals surface area contributed by atoms with Crippen LogP contribution in [0, 0.1) is 0 Å². The van der Waals surface area contributed by atoms with E-state index >= 15 is 0 Å². The quantitative estimate of drug-likeness (QED) is 0.604. The van der Waals surface area contributed by atoms with Crippen LogP contribution in [0.25, 0.3) is 21.9 Å². The largest absolute Gasteiger partial charge is 1.00 e. The van der Waals surface area contributed by atoms with E-state index in [1.165, 1.54) is 6.07 Å². The molecule has 29 heavy (non-hydrogen) atoms. The number of carboxylic acid groups (broad SMARTS) is 1. The van der Waals surface area contributed by atoms with E-state index in [1.54, 1.807) is 24.3 Å².